The lowest BCUT2D eigenvalue weighted by molar-refractivity contribution is 0.0636. The van der Waals surface area contributed by atoms with Gasteiger partial charge in [-0.1, -0.05) is 12.1 Å². The zero-order valence-electron chi connectivity index (χ0n) is 12.0. The first-order valence-electron chi connectivity index (χ1n) is 6.11. The standard InChI is InChI=1S/C13H18N2O5S/c1-13(2,3)20-12(17)15-10-7-5-4-6-9(10)11(16)8-21(14,18)19/h4-7H,8H2,1-3H3,(H,15,17)(H2,14,18,19). The summed E-state index contributed by atoms with van der Waals surface area (Å²) in [6.07, 6.45) is -0.738. The highest BCUT2D eigenvalue weighted by molar-refractivity contribution is 7.89. The van der Waals surface area contributed by atoms with Crippen LogP contribution in [0.15, 0.2) is 24.3 Å². The highest BCUT2D eigenvalue weighted by atomic mass is 32.2. The fourth-order valence-electron chi connectivity index (χ4n) is 1.51. The van der Waals surface area contributed by atoms with E-state index in [4.69, 9.17) is 9.88 Å². The number of para-hydroxylation sites is 1. The van der Waals surface area contributed by atoms with E-state index in [0.29, 0.717) is 0 Å². The predicted octanol–water partition coefficient (Wildman–Crippen LogP) is 1.50. The molecule has 7 nitrogen and oxygen atoms in total. The van der Waals surface area contributed by atoms with Crippen molar-refractivity contribution < 1.29 is 22.7 Å². The van der Waals surface area contributed by atoms with Crippen molar-refractivity contribution in [2.24, 2.45) is 5.14 Å². The molecule has 0 atom stereocenters. The molecule has 0 spiro atoms. The third-order valence-electron chi connectivity index (χ3n) is 2.20. The minimum absolute atomic E-state index is 0.0531. The van der Waals surface area contributed by atoms with Crippen LogP contribution in [0.2, 0.25) is 0 Å². The molecule has 116 valence electrons. The summed E-state index contributed by atoms with van der Waals surface area (Å²) in [5.74, 6) is -1.54. The molecule has 0 aliphatic heterocycles. The Bertz CT molecular complexity index is 647. The van der Waals surface area contributed by atoms with Crippen molar-refractivity contribution in [1.29, 1.82) is 0 Å². The zero-order chi connectivity index (χ0) is 16.3. The number of anilines is 1. The van der Waals surface area contributed by atoms with Gasteiger partial charge in [-0.25, -0.2) is 18.4 Å². The van der Waals surface area contributed by atoms with Crippen LogP contribution in [0.5, 0.6) is 0 Å². The molecule has 0 unspecified atom stereocenters. The number of benzene rings is 1. The molecule has 0 saturated heterocycles. The first-order valence-corrected chi connectivity index (χ1v) is 7.82. The largest absolute Gasteiger partial charge is 0.444 e. The smallest absolute Gasteiger partial charge is 0.412 e. The second kappa shape index (κ2) is 6.23. The highest BCUT2D eigenvalue weighted by Crippen LogP contribution is 2.18. The van der Waals surface area contributed by atoms with Gasteiger partial charge in [0.2, 0.25) is 10.0 Å². The number of nitrogens with one attached hydrogen (secondary N) is 1. The quantitative estimate of drug-likeness (QED) is 0.817. The van der Waals surface area contributed by atoms with Crippen LogP contribution >= 0.6 is 0 Å². The van der Waals surface area contributed by atoms with Gasteiger partial charge in [0.1, 0.15) is 11.4 Å². The average molecular weight is 314 g/mol. The molecule has 1 aromatic rings. The number of rotatable bonds is 4. The Morgan fingerprint density at radius 2 is 1.81 bits per heavy atom. The number of hydrogen-bond donors (Lipinski definition) is 2. The Balaban J connectivity index is 2.95. The van der Waals surface area contributed by atoms with Gasteiger partial charge >= 0.3 is 6.09 Å². The van der Waals surface area contributed by atoms with Crippen molar-refractivity contribution in [3.63, 3.8) is 0 Å². The second-order valence-electron chi connectivity index (χ2n) is 5.40. The van der Waals surface area contributed by atoms with E-state index in [0.717, 1.165) is 0 Å². The molecule has 1 rings (SSSR count). The predicted molar refractivity (Wildman–Crippen MR) is 78.6 cm³/mol. The summed E-state index contributed by atoms with van der Waals surface area (Å²) in [6, 6.07) is 6.03. The Kier molecular flexibility index (Phi) is 5.08. The zero-order valence-corrected chi connectivity index (χ0v) is 12.9. The van der Waals surface area contributed by atoms with Crippen LogP contribution in [0.1, 0.15) is 31.1 Å². The Labute approximate surface area is 123 Å². The Morgan fingerprint density at radius 1 is 1.24 bits per heavy atom. The Hall–Kier alpha value is -1.93. The minimum atomic E-state index is -3.94. The van der Waals surface area contributed by atoms with Crippen LogP contribution < -0.4 is 10.5 Å². The average Bonchev–Trinajstić information content (AvgIpc) is 2.24. The van der Waals surface area contributed by atoms with Crippen molar-refractivity contribution in [3.8, 4) is 0 Å². The number of primary sulfonamides is 1. The minimum Gasteiger partial charge on any atom is -0.444 e. The van der Waals surface area contributed by atoms with Gasteiger partial charge in [0, 0.05) is 5.56 Å². The summed E-state index contributed by atoms with van der Waals surface area (Å²) in [4.78, 5) is 23.6. The molecule has 21 heavy (non-hydrogen) atoms. The number of hydrogen-bond acceptors (Lipinski definition) is 5. The van der Waals surface area contributed by atoms with Crippen molar-refractivity contribution in [2.75, 3.05) is 11.1 Å². The van der Waals surface area contributed by atoms with Crippen molar-refractivity contribution in [1.82, 2.24) is 0 Å². The van der Waals surface area contributed by atoms with Crippen LogP contribution in [0.25, 0.3) is 0 Å². The monoisotopic (exact) mass is 314 g/mol. The fourth-order valence-corrected chi connectivity index (χ4v) is 2.03. The van der Waals surface area contributed by atoms with E-state index in [9.17, 15) is 18.0 Å². The highest BCUT2D eigenvalue weighted by Gasteiger charge is 2.20. The maximum absolute atomic E-state index is 11.9. The van der Waals surface area contributed by atoms with Gasteiger partial charge in [0.05, 0.1) is 5.69 Å². The molecule has 8 heteroatoms. The summed E-state index contributed by atoms with van der Waals surface area (Å²) in [6.45, 7) is 5.10. The number of nitrogens with two attached hydrogens (primary N) is 1. The molecule has 0 heterocycles. The molecule has 1 amide bonds. The summed E-state index contributed by atoms with van der Waals surface area (Å²) in [5, 5.41) is 7.26. The van der Waals surface area contributed by atoms with Gasteiger partial charge in [0.25, 0.3) is 0 Å². The SMILES string of the molecule is CC(C)(C)OC(=O)Nc1ccccc1C(=O)CS(N)(=O)=O. The van der Waals surface area contributed by atoms with Crippen LogP contribution in [0.3, 0.4) is 0 Å². The third-order valence-corrected chi connectivity index (χ3v) is 2.86. The van der Waals surface area contributed by atoms with Gasteiger partial charge in [-0.15, -0.1) is 0 Å². The molecular formula is C13H18N2O5S. The van der Waals surface area contributed by atoms with E-state index >= 15 is 0 Å². The van der Waals surface area contributed by atoms with Crippen LogP contribution in [0.4, 0.5) is 10.5 Å². The summed E-state index contributed by atoms with van der Waals surface area (Å²) >= 11 is 0. The first-order chi connectivity index (χ1) is 9.48. The van der Waals surface area contributed by atoms with Gasteiger partial charge in [-0.05, 0) is 32.9 Å². The molecule has 0 saturated carbocycles. The molecule has 0 bridgehead atoms. The second-order valence-corrected chi connectivity index (χ2v) is 7.02. The fraction of sp³-hybridized carbons (Fsp3) is 0.385. The first kappa shape index (κ1) is 17.1. The van der Waals surface area contributed by atoms with Crippen LogP contribution in [-0.2, 0) is 14.8 Å². The van der Waals surface area contributed by atoms with Gasteiger partial charge in [-0.2, -0.15) is 0 Å². The number of sulfonamides is 1. The van der Waals surface area contributed by atoms with Crippen molar-refractivity contribution in [3.05, 3.63) is 29.8 Å². The number of carbonyl (C=O) groups excluding carboxylic acids is 2. The van der Waals surface area contributed by atoms with Crippen LogP contribution in [-0.4, -0.2) is 31.6 Å². The third kappa shape index (κ3) is 6.37. The van der Waals surface area contributed by atoms with Crippen molar-refractivity contribution in [2.45, 2.75) is 26.4 Å². The number of amides is 1. The van der Waals surface area contributed by atoms with Gasteiger partial charge in [-0.3, -0.25) is 10.1 Å². The number of ether oxygens (including phenoxy) is 1. The molecule has 0 aliphatic rings. The topological polar surface area (TPSA) is 116 Å². The van der Waals surface area contributed by atoms with Gasteiger partial charge < -0.3 is 4.74 Å². The number of carbonyl (C=O) groups is 2. The number of Topliss-reactive ketones (excluding diaryl/α,β-unsaturated/α-hetero) is 1. The van der Waals surface area contributed by atoms with E-state index < -0.39 is 33.3 Å². The molecule has 3 N–H and O–H groups in total. The lowest BCUT2D eigenvalue weighted by Crippen LogP contribution is -2.28. The van der Waals surface area contributed by atoms with Gasteiger partial charge in [0.15, 0.2) is 5.78 Å². The lowest BCUT2D eigenvalue weighted by Gasteiger charge is -2.20. The molecule has 0 aromatic heterocycles. The molecule has 1 aromatic carbocycles. The Morgan fingerprint density at radius 3 is 2.33 bits per heavy atom. The van der Waals surface area contributed by atoms with E-state index in [-0.39, 0.29) is 11.3 Å². The van der Waals surface area contributed by atoms with E-state index in [1.807, 2.05) is 0 Å². The van der Waals surface area contributed by atoms with Crippen molar-refractivity contribution >= 4 is 27.6 Å². The molecular weight excluding hydrogens is 296 g/mol. The van der Waals surface area contributed by atoms with E-state index in [2.05, 4.69) is 5.32 Å². The van der Waals surface area contributed by atoms with E-state index in [1.165, 1.54) is 12.1 Å². The normalized spacial score (nSPS) is 11.8. The molecule has 0 fully saturated rings. The summed E-state index contributed by atoms with van der Waals surface area (Å²) < 4.78 is 27.0. The number of ketones is 1. The summed E-state index contributed by atoms with van der Waals surface area (Å²) in [5.41, 5.74) is -0.471. The van der Waals surface area contributed by atoms with Crippen LogP contribution in [0, 0.1) is 0 Å². The van der Waals surface area contributed by atoms with E-state index in [1.54, 1.807) is 32.9 Å². The maximum Gasteiger partial charge on any atom is 0.412 e. The molecule has 0 aliphatic carbocycles. The lowest BCUT2D eigenvalue weighted by atomic mass is 10.1. The summed E-state index contributed by atoms with van der Waals surface area (Å²) in [7, 11) is -3.94. The maximum atomic E-state index is 11.9. The molecule has 0 radical (unpaired) electrons.